The maximum Gasteiger partial charge on any atom is 0.326 e. The smallest absolute Gasteiger partial charge is 0.326 e. The number of allylic oxidation sites excluding steroid dienone is 1. The van der Waals surface area contributed by atoms with Crippen molar-refractivity contribution in [3.05, 3.63) is 84.4 Å². The third-order valence-corrected chi connectivity index (χ3v) is 7.53. The fraction of sp³-hybridized carbons (Fsp3) is 0.310. The number of hydrogen-bond acceptors (Lipinski definition) is 5. The number of benzene rings is 3. The molecule has 0 aromatic heterocycles. The van der Waals surface area contributed by atoms with Crippen LogP contribution in [0.25, 0.3) is 10.8 Å². The van der Waals surface area contributed by atoms with Gasteiger partial charge in [-0.1, -0.05) is 61.9 Å². The first kappa shape index (κ1) is 27.9. The van der Waals surface area contributed by atoms with Gasteiger partial charge in [0, 0.05) is 11.6 Å². The van der Waals surface area contributed by atoms with E-state index in [-0.39, 0.29) is 17.1 Å². The summed E-state index contributed by atoms with van der Waals surface area (Å²) in [5, 5.41) is 14.0. The van der Waals surface area contributed by atoms with Crippen LogP contribution in [0.3, 0.4) is 0 Å². The Balaban J connectivity index is 1.85. The van der Waals surface area contributed by atoms with Gasteiger partial charge >= 0.3 is 5.97 Å². The van der Waals surface area contributed by atoms with Crippen molar-refractivity contribution in [2.75, 3.05) is 6.26 Å². The van der Waals surface area contributed by atoms with Crippen LogP contribution in [-0.4, -0.2) is 37.7 Å². The highest BCUT2D eigenvalue weighted by atomic mass is 32.2. The average molecular weight is 524 g/mol. The zero-order valence-corrected chi connectivity index (χ0v) is 22.0. The number of amides is 1. The van der Waals surface area contributed by atoms with Crippen LogP contribution < -0.4 is 10.1 Å². The zero-order valence-electron chi connectivity index (χ0n) is 21.1. The fourth-order valence-electron chi connectivity index (χ4n) is 4.19. The highest BCUT2D eigenvalue weighted by molar-refractivity contribution is 7.90. The molecule has 0 aliphatic heterocycles. The van der Waals surface area contributed by atoms with Crippen molar-refractivity contribution in [1.29, 1.82) is 0 Å². The molecule has 0 aliphatic carbocycles. The van der Waals surface area contributed by atoms with E-state index in [0.29, 0.717) is 29.9 Å². The molecule has 0 heterocycles. The van der Waals surface area contributed by atoms with Crippen molar-refractivity contribution in [2.24, 2.45) is 5.92 Å². The van der Waals surface area contributed by atoms with Crippen LogP contribution in [0.15, 0.2) is 78.2 Å². The van der Waals surface area contributed by atoms with Crippen molar-refractivity contribution >= 4 is 32.5 Å². The number of carboxylic acid groups (broad SMARTS) is 1. The molecule has 7 nitrogen and oxygen atoms in total. The van der Waals surface area contributed by atoms with E-state index in [2.05, 4.69) is 18.8 Å². The lowest BCUT2D eigenvalue weighted by atomic mass is 9.94. The van der Waals surface area contributed by atoms with Gasteiger partial charge in [-0.2, -0.15) is 0 Å². The molecule has 37 heavy (non-hydrogen) atoms. The van der Waals surface area contributed by atoms with Gasteiger partial charge in [-0.3, -0.25) is 4.79 Å². The third-order valence-electron chi connectivity index (χ3n) is 6.40. The van der Waals surface area contributed by atoms with Gasteiger partial charge in [-0.15, -0.1) is 6.58 Å². The number of fused-ring (bicyclic) bond motifs is 1. The molecule has 1 amide bonds. The van der Waals surface area contributed by atoms with Crippen LogP contribution in [0.4, 0.5) is 0 Å². The highest BCUT2D eigenvalue weighted by Gasteiger charge is 2.24. The first-order chi connectivity index (χ1) is 17.6. The first-order valence-electron chi connectivity index (χ1n) is 12.2. The lowest BCUT2D eigenvalue weighted by Gasteiger charge is -2.20. The highest BCUT2D eigenvalue weighted by Crippen LogP contribution is 2.31. The van der Waals surface area contributed by atoms with Gasteiger partial charge in [0.1, 0.15) is 18.4 Å². The molecule has 0 fully saturated rings. The minimum absolute atomic E-state index is 0.0976. The molecule has 8 heteroatoms. The maximum atomic E-state index is 13.3. The van der Waals surface area contributed by atoms with Gasteiger partial charge in [0.25, 0.3) is 5.91 Å². The minimum atomic E-state index is -3.31. The van der Waals surface area contributed by atoms with Crippen LogP contribution in [0, 0.1) is 5.92 Å². The van der Waals surface area contributed by atoms with Crippen LogP contribution in [0.5, 0.6) is 5.75 Å². The second kappa shape index (κ2) is 12.5. The maximum absolute atomic E-state index is 13.3. The molecule has 3 aromatic rings. The van der Waals surface area contributed by atoms with Crippen LogP contribution in [-0.2, 0) is 21.2 Å². The molecule has 3 aromatic carbocycles. The summed E-state index contributed by atoms with van der Waals surface area (Å²) in [5.74, 6) is -0.969. The number of sulfone groups is 1. The van der Waals surface area contributed by atoms with E-state index >= 15 is 0 Å². The van der Waals surface area contributed by atoms with Crippen molar-refractivity contribution in [1.82, 2.24) is 5.32 Å². The number of nitrogens with one attached hydrogen (secondary N) is 1. The average Bonchev–Trinajstić information content (AvgIpc) is 2.88. The van der Waals surface area contributed by atoms with Crippen molar-refractivity contribution in [2.45, 2.75) is 50.2 Å². The molecule has 2 atom stereocenters. The lowest BCUT2D eigenvalue weighted by molar-refractivity contribution is -0.139. The molecule has 0 spiro atoms. The molecule has 0 bridgehead atoms. The SMILES string of the molecule is C=CCC(CC)CC[C@H](NC(=O)c1ccc2ccccc2c1OCc1ccc(S(C)(=O)=O)cc1)C(=O)O. The monoisotopic (exact) mass is 523 g/mol. The Morgan fingerprint density at radius 3 is 2.38 bits per heavy atom. The zero-order chi connectivity index (χ0) is 27.0. The number of aliphatic carboxylic acids is 1. The summed E-state index contributed by atoms with van der Waals surface area (Å²) in [6, 6.07) is 16.2. The Labute approximate surface area is 218 Å². The predicted octanol–water partition coefficient (Wildman–Crippen LogP) is 5.39. The summed E-state index contributed by atoms with van der Waals surface area (Å²) in [7, 11) is -3.31. The van der Waals surface area contributed by atoms with Crippen molar-refractivity contribution in [3.63, 3.8) is 0 Å². The first-order valence-corrected chi connectivity index (χ1v) is 14.1. The normalized spacial score (nSPS) is 13.0. The van der Waals surface area contributed by atoms with Gasteiger partial charge in [-0.05, 0) is 54.3 Å². The van der Waals surface area contributed by atoms with E-state index in [9.17, 15) is 23.1 Å². The number of hydrogen-bond donors (Lipinski definition) is 2. The van der Waals surface area contributed by atoms with Crippen molar-refractivity contribution in [3.8, 4) is 5.75 Å². The van der Waals surface area contributed by atoms with Gasteiger partial charge in [-0.25, -0.2) is 13.2 Å². The van der Waals surface area contributed by atoms with Crippen LogP contribution >= 0.6 is 0 Å². The number of carbonyl (C=O) groups excluding carboxylic acids is 1. The summed E-state index contributed by atoms with van der Waals surface area (Å²) in [6.07, 6.45) is 5.64. The summed E-state index contributed by atoms with van der Waals surface area (Å²) in [5.41, 5.74) is 0.957. The number of rotatable bonds is 13. The minimum Gasteiger partial charge on any atom is -0.487 e. The Morgan fingerprint density at radius 1 is 1.05 bits per heavy atom. The van der Waals surface area contributed by atoms with E-state index in [1.807, 2.05) is 30.3 Å². The largest absolute Gasteiger partial charge is 0.487 e. The molecule has 3 rings (SSSR count). The molecule has 0 saturated carbocycles. The molecular formula is C29H33NO6S. The van der Waals surface area contributed by atoms with E-state index in [1.54, 1.807) is 24.3 Å². The van der Waals surface area contributed by atoms with E-state index in [1.165, 1.54) is 12.1 Å². The topological polar surface area (TPSA) is 110 Å². The van der Waals surface area contributed by atoms with Gasteiger partial charge in [0.05, 0.1) is 10.5 Å². The number of carbonyl (C=O) groups is 2. The van der Waals surface area contributed by atoms with E-state index in [0.717, 1.165) is 30.0 Å². The summed E-state index contributed by atoms with van der Waals surface area (Å²) in [6.45, 7) is 5.91. The molecular weight excluding hydrogens is 490 g/mol. The molecule has 0 aliphatic rings. The summed E-state index contributed by atoms with van der Waals surface area (Å²) in [4.78, 5) is 25.4. The number of carboxylic acids is 1. The summed E-state index contributed by atoms with van der Waals surface area (Å²) < 4.78 is 29.6. The van der Waals surface area contributed by atoms with Crippen molar-refractivity contribution < 1.29 is 27.9 Å². The van der Waals surface area contributed by atoms with Gasteiger partial charge in [0.15, 0.2) is 9.84 Å². The van der Waals surface area contributed by atoms with Gasteiger partial charge < -0.3 is 15.2 Å². The van der Waals surface area contributed by atoms with Gasteiger partial charge in [0.2, 0.25) is 0 Å². The summed E-state index contributed by atoms with van der Waals surface area (Å²) >= 11 is 0. The number of ether oxygens (including phenoxy) is 1. The Hall–Kier alpha value is -3.65. The lowest BCUT2D eigenvalue weighted by Crippen LogP contribution is -2.41. The quantitative estimate of drug-likeness (QED) is 0.291. The second-order valence-corrected chi connectivity index (χ2v) is 11.1. The second-order valence-electron chi connectivity index (χ2n) is 9.11. The molecule has 0 radical (unpaired) electrons. The Morgan fingerprint density at radius 2 is 1.76 bits per heavy atom. The van der Waals surface area contributed by atoms with E-state index < -0.39 is 27.8 Å². The molecule has 196 valence electrons. The van der Waals surface area contributed by atoms with E-state index in [4.69, 9.17) is 4.74 Å². The fourth-order valence-corrected chi connectivity index (χ4v) is 4.82. The predicted molar refractivity (Wildman–Crippen MR) is 145 cm³/mol. The van der Waals surface area contributed by atoms with Crippen LogP contribution in [0.2, 0.25) is 0 Å². The molecule has 2 N–H and O–H groups in total. The third kappa shape index (κ3) is 7.43. The molecule has 1 unspecified atom stereocenters. The van der Waals surface area contributed by atoms with Crippen LogP contribution in [0.1, 0.15) is 48.5 Å². The Bertz CT molecular complexity index is 1360. The molecule has 0 saturated heterocycles. The standard InChI is InChI=1S/C29H33NO6S/c1-4-8-20(5-2)13-18-26(29(32)33)30-28(31)25-17-14-22-9-6-7-10-24(22)27(25)36-19-21-11-15-23(16-12-21)37(3,34)35/h4,6-7,9-12,14-17,20,26H,1,5,8,13,18-19H2,2-3H3,(H,30,31)(H,32,33)/t20?,26-/m0/s1. The Kier molecular flexibility index (Phi) is 9.47.